The Kier molecular flexibility index (Phi) is 4.43. The van der Waals surface area contributed by atoms with Crippen LogP contribution in [0.1, 0.15) is 17.2 Å². The standard InChI is InChI=1S/C15H13ClF2N2O/c1-8-4-10(17)7-11(5-8)20-14(15(19)21)12-3-2-9(16)6-13(12)18/h2-7,14,20H,1H3,(H2,19,21). The van der Waals surface area contributed by atoms with Gasteiger partial charge >= 0.3 is 0 Å². The molecule has 3 nitrogen and oxygen atoms in total. The molecule has 1 amide bonds. The summed E-state index contributed by atoms with van der Waals surface area (Å²) in [6.07, 6.45) is 0. The third-order valence-corrected chi connectivity index (χ3v) is 3.15. The topological polar surface area (TPSA) is 55.1 Å². The molecule has 6 heteroatoms. The molecular weight excluding hydrogens is 298 g/mol. The van der Waals surface area contributed by atoms with Gasteiger partial charge in [0.15, 0.2) is 0 Å². The quantitative estimate of drug-likeness (QED) is 0.907. The number of rotatable bonds is 4. The van der Waals surface area contributed by atoms with Crippen LogP contribution in [-0.4, -0.2) is 5.91 Å². The minimum Gasteiger partial charge on any atom is -0.370 e. The lowest BCUT2D eigenvalue weighted by atomic mass is 10.0. The van der Waals surface area contributed by atoms with Gasteiger partial charge in [0.25, 0.3) is 0 Å². The van der Waals surface area contributed by atoms with E-state index in [0.29, 0.717) is 11.3 Å². The van der Waals surface area contributed by atoms with E-state index in [4.69, 9.17) is 17.3 Å². The summed E-state index contributed by atoms with van der Waals surface area (Å²) < 4.78 is 27.3. The van der Waals surface area contributed by atoms with Gasteiger partial charge in [-0.05, 0) is 42.8 Å². The maximum Gasteiger partial charge on any atom is 0.244 e. The lowest BCUT2D eigenvalue weighted by Gasteiger charge is -2.18. The minimum atomic E-state index is -1.12. The lowest BCUT2D eigenvalue weighted by Crippen LogP contribution is -2.28. The first-order chi connectivity index (χ1) is 9.86. The molecule has 1 atom stereocenters. The first kappa shape index (κ1) is 15.3. The van der Waals surface area contributed by atoms with Gasteiger partial charge < -0.3 is 11.1 Å². The van der Waals surface area contributed by atoms with Crippen molar-refractivity contribution in [1.29, 1.82) is 0 Å². The smallest absolute Gasteiger partial charge is 0.244 e. The van der Waals surface area contributed by atoms with Crippen molar-refractivity contribution in [1.82, 2.24) is 0 Å². The molecule has 1 unspecified atom stereocenters. The molecule has 21 heavy (non-hydrogen) atoms. The summed E-state index contributed by atoms with van der Waals surface area (Å²) >= 11 is 5.68. The monoisotopic (exact) mass is 310 g/mol. The minimum absolute atomic E-state index is 0.0498. The van der Waals surface area contributed by atoms with Crippen molar-refractivity contribution in [3.8, 4) is 0 Å². The fourth-order valence-corrected chi connectivity index (χ4v) is 2.18. The van der Waals surface area contributed by atoms with Crippen LogP contribution in [0.4, 0.5) is 14.5 Å². The highest BCUT2D eigenvalue weighted by atomic mass is 35.5. The van der Waals surface area contributed by atoms with Gasteiger partial charge in [-0.25, -0.2) is 8.78 Å². The van der Waals surface area contributed by atoms with Crippen LogP contribution in [-0.2, 0) is 4.79 Å². The second-order valence-electron chi connectivity index (χ2n) is 4.66. The van der Waals surface area contributed by atoms with Crippen LogP contribution in [0.3, 0.4) is 0 Å². The summed E-state index contributed by atoms with van der Waals surface area (Å²) in [7, 11) is 0. The molecule has 0 saturated carbocycles. The number of nitrogens with two attached hydrogens (primary N) is 1. The Morgan fingerprint density at radius 1 is 1.24 bits per heavy atom. The van der Waals surface area contributed by atoms with Crippen molar-refractivity contribution < 1.29 is 13.6 Å². The second kappa shape index (κ2) is 6.10. The Hall–Kier alpha value is -2.14. The number of amides is 1. The summed E-state index contributed by atoms with van der Waals surface area (Å²) in [5.74, 6) is -1.90. The number of halogens is 3. The van der Waals surface area contributed by atoms with Gasteiger partial charge in [0.1, 0.15) is 17.7 Å². The predicted molar refractivity (Wildman–Crippen MR) is 78.1 cm³/mol. The summed E-state index contributed by atoms with van der Waals surface area (Å²) in [5.41, 5.74) is 6.36. The van der Waals surface area contributed by atoms with Crippen LogP contribution in [0.2, 0.25) is 5.02 Å². The number of hydrogen-bond acceptors (Lipinski definition) is 2. The Labute approximate surface area is 125 Å². The maximum atomic E-state index is 13.9. The zero-order chi connectivity index (χ0) is 15.6. The maximum absolute atomic E-state index is 13.9. The van der Waals surface area contributed by atoms with E-state index in [9.17, 15) is 13.6 Å². The van der Waals surface area contributed by atoms with E-state index >= 15 is 0 Å². The molecule has 0 aliphatic rings. The highest BCUT2D eigenvalue weighted by Crippen LogP contribution is 2.25. The first-order valence-corrected chi connectivity index (χ1v) is 6.52. The normalized spacial score (nSPS) is 12.0. The molecule has 2 aromatic carbocycles. The highest BCUT2D eigenvalue weighted by Gasteiger charge is 2.21. The number of carbonyl (C=O) groups is 1. The van der Waals surface area contributed by atoms with Gasteiger partial charge in [0, 0.05) is 16.3 Å². The van der Waals surface area contributed by atoms with Crippen LogP contribution in [0.15, 0.2) is 36.4 Å². The van der Waals surface area contributed by atoms with Crippen LogP contribution < -0.4 is 11.1 Å². The van der Waals surface area contributed by atoms with Crippen molar-refractivity contribution in [3.63, 3.8) is 0 Å². The van der Waals surface area contributed by atoms with E-state index in [1.807, 2.05) is 0 Å². The van der Waals surface area contributed by atoms with Gasteiger partial charge in [-0.3, -0.25) is 4.79 Å². The van der Waals surface area contributed by atoms with E-state index in [0.717, 1.165) is 6.07 Å². The first-order valence-electron chi connectivity index (χ1n) is 6.15. The number of aryl methyl sites for hydroxylation is 1. The number of anilines is 1. The number of carbonyl (C=O) groups excluding carboxylic acids is 1. The van der Waals surface area contributed by atoms with Gasteiger partial charge in [-0.2, -0.15) is 0 Å². The molecular formula is C15H13ClF2N2O. The van der Waals surface area contributed by atoms with Crippen LogP contribution >= 0.6 is 11.6 Å². The van der Waals surface area contributed by atoms with Crippen molar-refractivity contribution in [3.05, 3.63) is 64.2 Å². The van der Waals surface area contributed by atoms with Gasteiger partial charge in [0.2, 0.25) is 5.91 Å². The summed E-state index contributed by atoms with van der Waals surface area (Å²) in [5, 5.41) is 2.95. The zero-order valence-electron chi connectivity index (χ0n) is 11.2. The van der Waals surface area contributed by atoms with E-state index in [-0.39, 0.29) is 10.6 Å². The molecule has 0 aromatic heterocycles. The van der Waals surface area contributed by atoms with Gasteiger partial charge in [0.05, 0.1) is 0 Å². The Morgan fingerprint density at radius 3 is 2.52 bits per heavy atom. The van der Waals surface area contributed by atoms with Gasteiger partial charge in [-0.1, -0.05) is 17.7 Å². The number of hydrogen-bond donors (Lipinski definition) is 2. The van der Waals surface area contributed by atoms with Crippen LogP contribution in [0.25, 0.3) is 0 Å². The third kappa shape index (κ3) is 3.70. The Bertz CT molecular complexity index is 671. The molecule has 3 N–H and O–H groups in total. The number of primary amides is 1. The second-order valence-corrected chi connectivity index (χ2v) is 5.10. The molecule has 110 valence electrons. The van der Waals surface area contributed by atoms with Crippen molar-refractivity contribution in [2.45, 2.75) is 13.0 Å². The SMILES string of the molecule is Cc1cc(F)cc(NC(C(N)=O)c2ccc(Cl)cc2F)c1. The van der Waals surface area contributed by atoms with E-state index < -0.39 is 23.6 Å². The average molecular weight is 311 g/mol. The molecule has 0 spiro atoms. The molecule has 0 aliphatic carbocycles. The molecule has 0 radical (unpaired) electrons. The highest BCUT2D eigenvalue weighted by molar-refractivity contribution is 6.30. The van der Waals surface area contributed by atoms with Crippen LogP contribution in [0, 0.1) is 18.6 Å². The molecule has 0 aliphatic heterocycles. The summed E-state index contributed by atoms with van der Waals surface area (Å²) in [6, 6.07) is 6.96. The third-order valence-electron chi connectivity index (χ3n) is 2.91. The fourth-order valence-electron chi connectivity index (χ4n) is 2.02. The largest absolute Gasteiger partial charge is 0.370 e. The fraction of sp³-hybridized carbons (Fsp3) is 0.133. The number of benzene rings is 2. The molecule has 0 fully saturated rings. The lowest BCUT2D eigenvalue weighted by molar-refractivity contribution is -0.118. The molecule has 0 heterocycles. The Morgan fingerprint density at radius 2 is 1.95 bits per heavy atom. The van der Waals surface area contributed by atoms with Gasteiger partial charge in [-0.15, -0.1) is 0 Å². The number of nitrogens with one attached hydrogen (secondary N) is 1. The van der Waals surface area contributed by atoms with E-state index in [1.165, 1.54) is 24.3 Å². The average Bonchev–Trinajstić information content (AvgIpc) is 2.35. The Balaban J connectivity index is 2.37. The predicted octanol–water partition coefficient (Wildman–Crippen LogP) is 3.57. The molecule has 2 rings (SSSR count). The summed E-state index contributed by atoms with van der Waals surface area (Å²) in [4.78, 5) is 11.6. The van der Waals surface area contributed by atoms with E-state index in [1.54, 1.807) is 13.0 Å². The molecule has 2 aromatic rings. The molecule has 0 saturated heterocycles. The van der Waals surface area contributed by atoms with Crippen molar-refractivity contribution >= 4 is 23.2 Å². The van der Waals surface area contributed by atoms with E-state index in [2.05, 4.69) is 5.32 Å². The molecule has 0 bridgehead atoms. The van der Waals surface area contributed by atoms with Crippen molar-refractivity contribution in [2.24, 2.45) is 5.73 Å². The summed E-state index contributed by atoms with van der Waals surface area (Å²) in [6.45, 7) is 1.70. The van der Waals surface area contributed by atoms with Crippen molar-refractivity contribution in [2.75, 3.05) is 5.32 Å². The van der Waals surface area contributed by atoms with Crippen LogP contribution in [0.5, 0.6) is 0 Å². The zero-order valence-corrected chi connectivity index (χ0v) is 11.9.